The molecule has 5 nitrogen and oxygen atoms in total. The fraction of sp³-hybridized carbons (Fsp3) is 0.562. The molecule has 1 aliphatic carbocycles. The third-order valence-corrected chi connectivity index (χ3v) is 5.60. The van der Waals surface area contributed by atoms with E-state index < -0.39 is 0 Å². The molecular weight excluding hydrogens is 298 g/mol. The van der Waals surface area contributed by atoms with Crippen molar-refractivity contribution in [3.63, 3.8) is 0 Å². The minimum Gasteiger partial charge on any atom is -0.360 e. The highest BCUT2D eigenvalue weighted by molar-refractivity contribution is 7.09. The molecule has 0 radical (unpaired) electrons. The van der Waals surface area contributed by atoms with Gasteiger partial charge in [-0.2, -0.15) is 0 Å². The highest BCUT2D eigenvalue weighted by Crippen LogP contribution is 2.30. The van der Waals surface area contributed by atoms with Crippen molar-refractivity contribution in [3.8, 4) is 0 Å². The molecular formula is C16H19N3O2S. The number of amides is 1. The number of hydrogen-bond acceptors (Lipinski definition) is 5. The fourth-order valence-electron chi connectivity index (χ4n) is 3.50. The number of hydrogen-bond donors (Lipinski definition) is 0. The molecule has 0 unspecified atom stereocenters. The lowest BCUT2D eigenvalue weighted by molar-refractivity contribution is 0.0695. The van der Waals surface area contributed by atoms with E-state index >= 15 is 0 Å². The number of nitrogens with zero attached hydrogens (tertiary/aromatic N) is 3. The average molecular weight is 317 g/mol. The zero-order valence-corrected chi connectivity index (χ0v) is 13.3. The van der Waals surface area contributed by atoms with Gasteiger partial charge in [-0.3, -0.25) is 4.79 Å². The minimum absolute atomic E-state index is 0.0353. The van der Waals surface area contributed by atoms with Gasteiger partial charge in [-0.1, -0.05) is 5.16 Å². The van der Waals surface area contributed by atoms with Crippen molar-refractivity contribution in [1.29, 1.82) is 0 Å². The quantitative estimate of drug-likeness (QED) is 0.854. The second-order valence-corrected chi connectivity index (χ2v) is 7.03. The molecule has 116 valence electrons. The van der Waals surface area contributed by atoms with Crippen molar-refractivity contribution in [2.45, 2.75) is 44.4 Å². The summed E-state index contributed by atoms with van der Waals surface area (Å²) in [6, 6.07) is 0. The molecule has 1 atom stereocenters. The number of piperidine rings is 1. The van der Waals surface area contributed by atoms with E-state index in [1.165, 1.54) is 0 Å². The van der Waals surface area contributed by atoms with Crippen molar-refractivity contribution < 1.29 is 9.32 Å². The van der Waals surface area contributed by atoms with Gasteiger partial charge < -0.3 is 9.42 Å². The molecule has 2 aromatic heterocycles. The molecule has 2 aliphatic rings. The van der Waals surface area contributed by atoms with E-state index in [0.717, 1.165) is 67.9 Å². The Kier molecular flexibility index (Phi) is 3.70. The van der Waals surface area contributed by atoms with Gasteiger partial charge in [0.2, 0.25) is 0 Å². The van der Waals surface area contributed by atoms with Gasteiger partial charge >= 0.3 is 0 Å². The standard InChI is InChI=1S/C16H19N3O2S/c20-16(14-12-5-1-2-6-13(12)21-18-14)19-8-3-4-11(10-19)15-17-7-9-22-15/h7,9,11H,1-6,8,10H2/t11-/m1/s1. The van der Waals surface area contributed by atoms with Gasteiger partial charge in [-0.05, 0) is 32.1 Å². The minimum atomic E-state index is 0.0353. The third kappa shape index (κ3) is 2.45. The molecule has 22 heavy (non-hydrogen) atoms. The van der Waals surface area contributed by atoms with Crippen LogP contribution in [0.1, 0.15) is 58.4 Å². The number of aromatic nitrogens is 2. The Labute approximate surface area is 133 Å². The van der Waals surface area contributed by atoms with Crippen molar-refractivity contribution in [2.24, 2.45) is 0 Å². The van der Waals surface area contributed by atoms with Gasteiger partial charge in [0.25, 0.3) is 5.91 Å². The van der Waals surface area contributed by atoms with E-state index in [0.29, 0.717) is 11.6 Å². The molecule has 1 fully saturated rings. The lowest BCUT2D eigenvalue weighted by Crippen LogP contribution is -2.39. The number of carbonyl (C=O) groups is 1. The SMILES string of the molecule is O=C(c1noc2c1CCCC2)N1CCC[C@@H](c2nccs2)C1. The van der Waals surface area contributed by atoms with Crippen LogP contribution < -0.4 is 0 Å². The number of fused-ring (bicyclic) bond motifs is 1. The van der Waals surface area contributed by atoms with Gasteiger partial charge in [-0.25, -0.2) is 4.98 Å². The molecule has 0 spiro atoms. The molecule has 6 heteroatoms. The summed E-state index contributed by atoms with van der Waals surface area (Å²) in [5.74, 6) is 1.32. The maximum Gasteiger partial charge on any atom is 0.276 e. The van der Waals surface area contributed by atoms with Crippen molar-refractivity contribution >= 4 is 17.2 Å². The molecule has 3 heterocycles. The number of carbonyl (C=O) groups excluding carboxylic acids is 1. The smallest absolute Gasteiger partial charge is 0.276 e. The van der Waals surface area contributed by atoms with E-state index in [1.807, 2.05) is 16.5 Å². The summed E-state index contributed by atoms with van der Waals surface area (Å²) >= 11 is 1.68. The lowest BCUT2D eigenvalue weighted by Gasteiger charge is -2.31. The Bertz CT molecular complexity index is 665. The lowest BCUT2D eigenvalue weighted by atomic mass is 9.95. The van der Waals surface area contributed by atoms with Crippen LogP contribution in [0.5, 0.6) is 0 Å². The third-order valence-electron chi connectivity index (χ3n) is 4.66. The Morgan fingerprint density at radius 2 is 2.23 bits per heavy atom. The molecule has 1 saturated heterocycles. The Morgan fingerprint density at radius 1 is 1.32 bits per heavy atom. The summed E-state index contributed by atoms with van der Waals surface area (Å²) in [7, 11) is 0. The highest BCUT2D eigenvalue weighted by atomic mass is 32.1. The summed E-state index contributed by atoms with van der Waals surface area (Å²) in [6.07, 6.45) is 8.06. The topological polar surface area (TPSA) is 59.2 Å². The molecule has 0 saturated carbocycles. The predicted molar refractivity (Wildman–Crippen MR) is 83.1 cm³/mol. The first-order valence-electron chi connectivity index (χ1n) is 7.99. The molecule has 2 aromatic rings. The van der Waals surface area contributed by atoms with Crippen LogP contribution >= 0.6 is 11.3 Å². The van der Waals surface area contributed by atoms with Gasteiger partial charge in [0.15, 0.2) is 5.69 Å². The second-order valence-electron chi connectivity index (χ2n) is 6.10. The van der Waals surface area contributed by atoms with Crippen molar-refractivity contribution in [3.05, 3.63) is 33.6 Å². The van der Waals surface area contributed by atoms with Crippen LogP contribution in [-0.2, 0) is 12.8 Å². The van der Waals surface area contributed by atoms with Crippen LogP contribution in [-0.4, -0.2) is 34.0 Å². The molecule has 0 aromatic carbocycles. The van der Waals surface area contributed by atoms with Crippen molar-refractivity contribution in [1.82, 2.24) is 15.0 Å². The number of aryl methyl sites for hydroxylation is 1. The summed E-state index contributed by atoms with van der Waals surface area (Å²) < 4.78 is 5.39. The van der Waals surface area contributed by atoms with Gasteiger partial charge in [0.05, 0.1) is 5.01 Å². The van der Waals surface area contributed by atoms with E-state index in [2.05, 4.69) is 10.1 Å². The Balaban J connectivity index is 1.54. The van der Waals surface area contributed by atoms with Crippen LogP contribution in [0, 0.1) is 0 Å². The fourth-order valence-corrected chi connectivity index (χ4v) is 4.27. The van der Waals surface area contributed by atoms with Gasteiger partial charge in [0.1, 0.15) is 5.76 Å². The Morgan fingerprint density at radius 3 is 3.09 bits per heavy atom. The summed E-state index contributed by atoms with van der Waals surface area (Å²) in [4.78, 5) is 19.2. The van der Waals surface area contributed by atoms with Crippen LogP contribution in [0.25, 0.3) is 0 Å². The Hall–Kier alpha value is -1.69. The maximum atomic E-state index is 12.8. The molecule has 1 amide bonds. The van der Waals surface area contributed by atoms with Gasteiger partial charge in [0, 0.05) is 42.6 Å². The molecule has 4 rings (SSSR count). The summed E-state index contributed by atoms with van der Waals surface area (Å²) in [6.45, 7) is 1.55. The van der Waals surface area contributed by atoms with E-state index in [-0.39, 0.29) is 5.91 Å². The monoisotopic (exact) mass is 317 g/mol. The van der Waals surface area contributed by atoms with Gasteiger partial charge in [-0.15, -0.1) is 11.3 Å². The molecule has 0 N–H and O–H groups in total. The maximum absolute atomic E-state index is 12.8. The normalized spacial score (nSPS) is 21.6. The van der Waals surface area contributed by atoms with E-state index in [9.17, 15) is 4.79 Å². The number of likely N-dealkylation sites (tertiary alicyclic amines) is 1. The van der Waals surface area contributed by atoms with Crippen LogP contribution in [0.3, 0.4) is 0 Å². The van der Waals surface area contributed by atoms with E-state index in [1.54, 1.807) is 11.3 Å². The predicted octanol–water partition coefficient (Wildman–Crippen LogP) is 3.03. The highest BCUT2D eigenvalue weighted by Gasteiger charge is 2.31. The average Bonchev–Trinajstić information content (AvgIpc) is 3.24. The largest absolute Gasteiger partial charge is 0.360 e. The van der Waals surface area contributed by atoms with E-state index in [4.69, 9.17) is 4.52 Å². The first kappa shape index (κ1) is 13.9. The number of thiazole rings is 1. The first-order chi connectivity index (χ1) is 10.8. The second kappa shape index (κ2) is 5.83. The van der Waals surface area contributed by atoms with Crippen molar-refractivity contribution in [2.75, 3.05) is 13.1 Å². The van der Waals surface area contributed by atoms with Crippen LogP contribution in [0.15, 0.2) is 16.1 Å². The number of rotatable bonds is 2. The molecule has 1 aliphatic heterocycles. The zero-order chi connectivity index (χ0) is 14.9. The summed E-state index contributed by atoms with van der Waals surface area (Å²) in [5, 5.41) is 7.22. The van der Waals surface area contributed by atoms with Crippen LogP contribution in [0.2, 0.25) is 0 Å². The summed E-state index contributed by atoms with van der Waals surface area (Å²) in [5.41, 5.74) is 1.60. The zero-order valence-electron chi connectivity index (χ0n) is 12.5. The molecule has 0 bridgehead atoms. The first-order valence-corrected chi connectivity index (χ1v) is 8.87. The van der Waals surface area contributed by atoms with Crippen LogP contribution in [0.4, 0.5) is 0 Å².